The molecule has 1 aromatic carbocycles. The number of benzene rings is 1. The quantitative estimate of drug-likeness (QED) is 0.383. The van der Waals surface area contributed by atoms with E-state index in [0.717, 1.165) is 12.1 Å². The monoisotopic (exact) mass is 259 g/mol. The van der Waals surface area contributed by atoms with Gasteiger partial charge in [0.25, 0.3) is 5.69 Å². The Morgan fingerprint density at radius 1 is 1.35 bits per heavy atom. The van der Waals surface area contributed by atoms with Crippen LogP contribution in [0.5, 0.6) is 0 Å². The zero-order chi connectivity index (χ0) is 12.2. The lowest BCUT2D eigenvalue weighted by molar-refractivity contribution is -0.902. The minimum absolute atomic E-state index is 0. The van der Waals surface area contributed by atoms with E-state index in [4.69, 9.17) is 5.73 Å². The number of rotatable bonds is 5. The summed E-state index contributed by atoms with van der Waals surface area (Å²) in [6.07, 6.45) is 0. The van der Waals surface area contributed by atoms with E-state index in [1.54, 1.807) is 12.1 Å². The van der Waals surface area contributed by atoms with Crippen LogP contribution < -0.4 is 18.1 Å². The molecule has 0 aliphatic heterocycles. The molecule has 5 nitrogen and oxygen atoms in total. The van der Waals surface area contributed by atoms with Crippen molar-refractivity contribution in [2.45, 2.75) is 6.54 Å². The van der Waals surface area contributed by atoms with Crippen LogP contribution in [-0.4, -0.2) is 36.6 Å². The van der Waals surface area contributed by atoms with E-state index in [1.807, 2.05) is 20.2 Å². The molecule has 17 heavy (non-hydrogen) atoms. The van der Waals surface area contributed by atoms with Crippen LogP contribution in [0, 0.1) is 10.1 Å². The molecule has 0 heterocycles. The smallest absolute Gasteiger partial charge is 0.278 e. The summed E-state index contributed by atoms with van der Waals surface area (Å²) in [7, 11) is 4.03. The average Bonchev–Trinajstić information content (AvgIpc) is 2.17. The molecule has 96 valence electrons. The summed E-state index contributed by atoms with van der Waals surface area (Å²) in [6.45, 7) is 1.99. The molecule has 6 heteroatoms. The Hall–Kier alpha value is -1.17. The van der Waals surface area contributed by atoms with Crippen molar-refractivity contribution in [1.29, 1.82) is 0 Å². The van der Waals surface area contributed by atoms with Crippen molar-refractivity contribution in [3.63, 3.8) is 0 Å². The lowest BCUT2D eigenvalue weighted by Crippen LogP contribution is -3.00. The Kier molecular flexibility index (Phi) is 6.09. The van der Waals surface area contributed by atoms with Gasteiger partial charge in [-0.25, -0.2) is 0 Å². The van der Waals surface area contributed by atoms with Crippen molar-refractivity contribution >= 4 is 5.69 Å². The minimum Gasteiger partial charge on any atom is -1.00 e. The minimum atomic E-state index is -0.336. The number of nitrogens with two attached hydrogens (primary N) is 1. The van der Waals surface area contributed by atoms with E-state index >= 15 is 0 Å². The summed E-state index contributed by atoms with van der Waals surface area (Å²) in [5.41, 5.74) is 6.46. The predicted molar refractivity (Wildman–Crippen MR) is 62.8 cm³/mol. The highest BCUT2D eigenvalue weighted by Gasteiger charge is 2.21. The fourth-order valence-electron chi connectivity index (χ4n) is 1.71. The summed E-state index contributed by atoms with van der Waals surface area (Å²) >= 11 is 0. The number of likely N-dealkylation sites (N-methyl/N-ethyl adjacent to an activating group) is 1. The van der Waals surface area contributed by atoms with Gasteiger partial charge in [0.2, 0.25) is 0 Å². The molecule has 0 bridgehead atoms. The molecule has 1 aromatic rings. The molecule has 0 saturated heterocycles. The molecule has 0 unspecified atom stereocenters. The van der Waals surface area contributed by atoms with Crippen molar-refractivity contribution in [1.82, 2.24) is 0 Å². The predicted octanol–water partition coefficient (Wildman–Crippen LogP) is -1.87. The van der Waals surface area contributed by atoms with E-state index in [1.165, 1.54) is 6.07 Å². The van der Waals surface area contributed by atoms with Gasteiger partial charge in [-0.05, 0) is 6.07 Å². The normalized spacial score (nSPS) is 10.8. The first-order valence-corrected chi connectivity index (χ1v) is 5.20. The highest BCUT2D eigenvalue weighted by molar-refractivity contribution is 5.39. The van der Waals surface area contributed by atoms with Gasteiger partial charge in [-0.15, -0.1) is 0 Å². The lowest BCUT2D eigenvalue weighted by atomic mass is 10.1. The number of hydrogen-bond acceptors (Lipinski definition) is 3. The molecule has 0 radical (unpaired) electrons. The van der Waals surface area contributed by atoms with Crippen LogP contribution in [0.3, 0.4) is 0 Å². The van der Waals surface area contributed by atoms with E-state index in [2.05, 4.69) is 0 Å². The Labute approximate surface area is 107 Å². The summed E-state index contributed by atoms with van der Waals surface area (Å²) in [4.78, 5) is 10.5. The number of hydrogen-bond donors (Lipinski definition) is 1. The van der Waals surface area contributed by atoms with Crippen molar-refractivity contribution < 1.29 is 21.8 Å². The van der Waals surface area contributed by atoms with Gasteiger partial charge in [0.05, 0.1) is 31.1 Å². The second kappa shape index (κ2) is 6.54. The maximum Gasteiger partial charge on any atom is 0.278 e. The number of para-hydroxylation sites is 1. The molecule has 0 aliphatic carbocycles. The zero-order valence-electron chi connectivity index (χ0n) is 10.1. The van der Waals surface area contributed by atoms with Gasteiger partial charge in [-0.3, -0.25) is 10.1 Å². The molecule has 1 rings (SSSR count). The van der Waals surface area contributed by atoms with Gasteiger partial charge in [-0.1, -0.05) is 12.1 Å². The van der Waals surface area contributed by atoms with Gasteiger partial charge in [0, 0.05) is 12.6 Å². The highest BCUT2D eigenvalue weighted by atomic mass is 35.5. The molecule has 0 spiro atoms. The Morgan fingerprint density at radius 2 is 1.94 bits per heavy atom. The van der Waals surface area contributed by atoms with Crippen LogP contribution in [-0.2, 0) is 6.54 Å². The third-order valence-electron chi connectivity index (χ3n) is 2.52. The molecule has 0 fully saturated rings. The summed E-state index contributed by atoms with van der Waals surface area (Å²) in [6, 6.07) is 6.85. The number of nitro groups is 1. The van der Waals surface area contributed by atoms with Crippen LogP contribution in [0.15, 0.2) is 24.3 Å². The fraction of sp³-hybridized carbons (Fsp3) is 0.455. The second-order valence-corrected chi connectivity index (χ2v) is 4.49. The molecule has 0 aliphatic rings. The van der Waals surface area contributed by atoms with Crippen LogP contribution in [0.2, 0.25) is 0 Å². The first-order chi connectivity index (χ1) is 7.46. The van der Waals surface area contributed by atoms with Crippen LogP contribution in [0.4, 0.5) is 5.69 Å². The molecule has 0 saturated carbocycles. The van der Waals surface area contributed by atoms with Gasteiger partial charge < -0.3 is 22.6 Å². The van der Waals surface area contributed by atoms with Crippen LogP contribution in [0.25, 0.3) is 0 Å². The van der Waals surface area contributed by atoms with E-state index in [-0.39, 0.29) is 23.0 Å². The third-order valence-corrected chi connectivity index (χ3v) is 2.52. The maximum atomic E-state index is 10.8. The zero-order valence-corrected chi connectivity index (χ0v) is 10.9. The van der Waals surface area contributed by atoms with Crippen molar-refractivity contribution in [2.24, 2.45) is 5.73 Å². The lowest BCUT2D eigenvalue weighted by Gasteiger charge is -2.29. The van der Waals surface area contributed by atoms with Crippen molar-refractivity contribution in [2.75, 3.05) is 27.2 Å². The van der Waals surface area contributed by atoms with Crippen molar-refractivity contribution in [3.05, 3.63) is 39.9 Å². The third kappa shape index (κ3) is 4.68. The second-order valence-electron chi connectivity index (χ2n) is 4.49. The summed E-state index contributed by atoms with van der Waals surface area (Å²) < 4.78 is 0.654. The highest BCUT2D eigenvalue weighted by Crippen LogP contribution is 2.20. The standard InChI is InChI=1S/C11H18N3O2.ClH/c1-14(2,8-7-12)9-10-5-3-4-6-11(10)13(15)16;/h3-6H,7-9,12H2,1-2H3;1H/q+1;/p-1. The topological polar surface area (TPSA) is 69.2 Å². The summed E-state index contributed by atoms with van der Waals surface area (Å²) in [5, 5.41) is 10.8. The Balaban J connectivity index is 0.00000256. The average molecular weight is 260 g/mol. The first kappa shape index (κ1) is 15.8. The molecule has 0 aromatic heterocycles. The van der Waals surface area contributed by atoms with E-state index in [0.29, 0.717) is 17.6 Å². The fourth-order valence-corrected chi connectivity index (χ4v) is 1.71. The molecular weight excluding hydrogens is 242 g/mol. The van der Waals surface area contributed by atoms with Gasteiger partial charge in [0.15, 0.2) is 0 Å². The molecule has 2 N–H and O–H groups in total. The summed E-state index contributed by atoms with van der Waals surface area (Å²) in [5.74, 6) is 0. The van der Waals surface area contributed by atoms with Gasteiger partial charge in [0.1, 0.15) is 6.54 Å². The van der Waals surface area contributed by atoms with E-state index in [9.17, 15) is 10.1 Å². The van der Waals surface area contributed by atoms with Gasteiger partial charge in [-0.2, -0.15) is 0 Å². The largest absolute Gasteiger partial charge is 1.00 e. The first-order valence-electron chi connectivity index (χ1n) is 5.20. The number of quaternary nitrogens is 1. The number of halogens is 1. The Morgan fingerprint density at radius 3 is 2.47 bits per heavy atom. The molecule has 0 amide bonds. The number of nitro benzene ring substituents is 1. The van der Waals surface area contributed by atoms with E-state index < -0.39 is 0 Å². The van der Waals surface area contributed by atoms with Crippen LogP contribution in [0.1, 0.15) is 5.56 Å². The molecular formula is C11H18ClN3O2. The Bertz CT molecular complexity index is 383. The number of nitrogens with zero attached hydrogens (tertiary/aromatic N) is 2. The maximum absolute atomic E-state index is 10.8. The molecule has 0 atom stereocenters. The van der Waals surface area contributed by atoms with Crippen LogP contribution >= 0.6 is 0 Å². The van der Waals surface area contributed by atoms with Gasteiger partial charge >= 0.3 is 0 Å². The SMILES string of the molecule is C[N+](C)(CCN)Cc1ccccc1[N+](=O)[O-].[Cl-]. The van der Waals surface area contributed by atoms with Crippen molar-refractivity contribution in [3.8, 4) is 0 Å².